The first-order valence-corrected chi connectivity index (χ1v) is 9.36. The van der Waals surface area contributed by atoms with Gasteiger partial charge < -0.3 is 10.6 Å². The Morgan fingerprint density at radius 2 is 1.07 bits per heavy atom. The topological polar surface area (TPSA) is 58.2 Å². The van der Waals surface area contributed by atoms with E-state index >= 15 is 0 Å². The molecule has 2 amide bonds. The SMILES string of the molecule is O=C(C/C=C/c1ccc(F)cc1)NCC#CCNC(=O)C/C=C/c1ccc(F)cc1. The molecule has 0 bridgehead atoms. The third-order valence-corrected chi connectivity index (χ3v) is 3.84. The van der Waals surface area contributed by atoms with Gasteiger partial charge in [-0.25, -0.2) is 8.78 Å². The number of halogens is 2. The van der Waals surface area contributed by atoms with Gasteiger partial charge in [-0.1, -0.05) is 60.4 Å². The Kier molecular flexibility index (Phi) is 9.54. The molecule has 2 N–H and O–H groups in total. The van der Waals surface area contributed by atoms with Crippen molar-refractivity contribution in [2.75, 3.05) is 13.1 Å². The average molecular weight is 408 g/mol. The second-order valence-corrected chi connectivity index (χ2v) is 6.22. The van der Waals surface area contributed by atoms with Gasteiger partial charge in [0, 0.05) is 12.8 Å². The van der Waals surface area contributed by atoms with Gasteiger partial charge in [0.2, 0.25) is 11.8 Å². The largest absolute Gasteiger partial charge is 0.345 e. The summed E-state index contributed by atoms with van der Waals surface area (Å²) in [6.45, 7) is 0.368. The molecule has 30 heavy (non-hydrogen) atoms. The Hall–Kier alpha value is -3.72. The number of benzene rings is 2. The van der Waals surface area contributed by atoms with Crippen LogP contribution in [0.5, 0.6) is 0 Å². The van der Waals surface area contributed by atoms with E-state index in [9.17, 15) is 18.4 Å². The van der Waals surface area contributed by atoms with Crippen LogP contribution in [0.3, 0.4) is 0 Å². The van der Waals surface area contributed by atoms with Crippen molar-refractivity contribution in [1.82, 2.24) is 10.6 Å². The minimum atomic E-state index is -0.305. The molecule has 154 valence electrons. The standard InChI is InChI=1S/C24H22F2N2O2/c25-21-13-9-19(10-14-21)5-3-7-23(29)27-17-1-2-18-28-24(30)8-4-6-20-11-15-22(26)16-12-20/h3-6,9-16H,7-8,17-18H2,(H,27,29)(H,28,30)/b5-3+,6-4+. The summed E-state index contributed by atoms with van der Waals surface area (Å²) in [4.78, 5) is 23.4. The van der Waals surface area contributed by atoms with Crippen LogP contribution in [0.25, 0.3) is 12.2 Å². The first kappa shape index (κ1) is 22.6. The van der Waals surface area contributed by atoms with E-state index in [0.29, 0.717) is 0 Å². The fourth-order valence-electron chi connectivity index (χ4n) is 2.31. The van der Waals surface area contributed by atoms with Gasteiger partial charge in [-0.15, -0.1) is 0 Å². The zero-order chi connectivity index (χ0) is 21.6. The van der Waals surface area contributed by atoms with Gasteiger partial charge in [-0.3, -0.25) is 9.59 Å². The molecular weight excluding hydrogens is 386 g/mol. The Bertz CT molecular complexity index is 876. The highest BCUT2D eigenvalue weighted by molar-refractivity contribution is 5.79. The van der Waals surface area contributed by atoms with Crippen molar-refractivity contribution in [3.8, 4) is 11.8 Å². The molecule has 4 nitrogen and oxygen atoms in total. The van der Waals surface area contributed by atoms with Crippen LogP contribution in [0.2, 0.25) is 0 Å². The van der Waals surface area contributed by atoms with Crippen molar-refractivity contribution in [3.05, 3.63) is 83.4 Å². The molecule has 0 radical (unpaired) electrons. The molecule has 0 unspecified atom stereocenters. The van der Waals surface area contributed by atoms with Crippen molar-refractivity contribution in [3.63, 3.8) is 0 Å². The zero-order valence-corrected chi connectivity index (χ0v) is 16.3. The maximum absolute atomic E-state index is 12.8. The zero-order valence-electron chi connectivity index (χ0n) is 16.3. The second-order valence-electron chi connectivity index (χ2n) is 6.22. The van der Waals surface area contributed by atoms with Crippen LogP contribution in [0.15, 0.2) is 60.7 Å². The number of nitrogens with one attached hydrogen (secondary N) is 2. The highest BCUT2D eigenvalue weighted by atomic mass is 19.1. The van der Waals surface area contributed by atoms with Crippen LogP contribution in [0, 0.1) is 23.5 Å². The van der Waals surface area contributed by atoms with E-state index in [2.05, 4.69) is 22.5 Å². The summed E-state index contributed by atoms with van der Waals surface area (Å²) in [5.41, 5.74) is 1.62. The second kappa shape index (κ2) is 12.7. The van der Waals surface area contributed by atoms with Gasteiger partial charge in [0.05, 0.1) is 13.1 Å². The van der Waals surface area contributed by atoms with E-state index in [1.165, 1.54) is 24.3 Å². The fraction of sp³-hybridized carbons (Fsp3) is 0.167. The van der Waals surface area contributed by atoms with Crippen molar-refractivity contribution in [1.29, 1.82) is 0 Å². The van der Waals surface area contributed by atoms with Crippen molar-refractivity contribution >= 4 is 24.0 Å². The molecule has 0 heterocycles. The maximum Gasteiger partial charge on any atom is 0.224 e. The van der Waals surface area contributed by atoms with E-state index in [0.717, 1.165) is 11.1 Å². The Morgan fingerprint density at radius 3 is 1.43 bits per heavy atom. The van der Waals surface area contributed by atoms with Crippen LogP contribution < -0.4 is 10.6 Å². The summed E-state index contributed by atoms with van der Waals surface area (Å²) < 4.78 is 25.6. The summed E-state index contributed by atoms with van der Waals surface area (Å²) in [5.74, 6) is 4.54. The molecule has 0 saturated heterocycles. The summed E-state index contributed by atoms with van der Waals surface area (Å²) in [7, 11) is 0. The molecule has 6 heteroatoms. The van der Waals surface area contributed by atoms with Crippen molar-refractivity contribution in [2.45, 2.75) is 12.8 Å². The van der Waals surface area contributed by atoms with Gasteiger partial charge in [0.15, 0.2) is 0 Å². The van der Waals surface area contributed by atoms with Crippen LogP contribution in [-0.4, -0.2) is 24.9 Å². The van der Waals surface area contributed by atoms with E-state index in [-0.39, 0.29) is 49.4 Å². The molecule has 2 aromatic rings. The van der Waals surface area contributed by atoms with Crippen molar-refractivity contribution < 1.29 is 18.4 Å². The van der Waals surface area contributed by atoms with Crippen LogP contribution in [0.4, 0.5) is 8.78 Å². The molecular formula is C24H22F2N2O2. The predicted octanol–water partition coefficient (Wildman–Crippen LogP) is 3.71. The number of amides is 2. The molecule has 0 aliphatic heterocycles. The number of carbonyl (C=O) groups is 2. The van der Waals surface area contributed by atoms with E-state index in [4.69, 9.17) is 0 Å². The van der Waals surface area contributed by atoms with Crippen LogP contribution >= 0.6 is 0 Å². The van der Waals surface area contributed by atoms with E-state index < -0.39 is 0 Å². The number of hydrogen-bond acceptors (Lipinski definition) is 2. The van der Waals surface area contributed by atoms with Gasteiger partial charge in [0.25, 0.3) is 0 Å². The van der Waals surface area contributed by atoms with Crippen LogP contribution in [-0.2, 0) is 9.59 Å². The molecule has 0 fully saturated rings. The highest BCUT2D eigenvalue weighted by Crippen LogP contribution is 2.06. The predicted molar refractivity (Wildman–Crippen MR) is 114 cm³/mol. The number of carbonyl (C=O) groups excluding carboxylic acids is 2. The van der Waals surface area contributed by atoms with Gasteiger partial charge in [-0.05, 0) is 35.4 Å². The lowest BCUT2D eigenvalue weighted by Crippen LogP contribution is -2.24. The Labute approximate surface area is 174 Å². The normalized spacial score (nSPS) is 10.6. The summed E-state index contributed by atoms with van der Waals surface area (Å²) in [6, 6.07) is 11.9. The molecule has 0 atom stereocenters. The number of rotatable bonds is 8. The van der Waals surface area contributed by atoms with Gasteiger partial charge >= 0.3 is 0 Å². The fourth-order valence-corrected chi connectivity index (χ4v) is 2.31. The first-order valence-electron chi connectivity index (χ1n) is 9.36. The summed E-state index contributed by atoms with van der Waals surface area (Å²) >= 11 is 0. The van der Waals surface area contributed by atoms with E-state index in [1.807, 2.05) is 0 Å². The van der Waals surface area contributed by atoms with Crippen molar-refractivity contribution in [2.24, 2.45) is 0 Å². The number of hydrogen-bond donors (Lipinski definition) is 2. The minimum Gasteiger partial charge on any atom is -0.345 e. The van der Waals surface area contributed by atoms with Crippen LogP contribution in [0.1, 0.15) is 24.0 Å². The van der Waals surface area contributed by atoms with Gasteiger partial charge in [0.1, 0.15) is 11.6 Å². The molecule has 0 aliphatic carbocycles. The lowest BCUT2D eigenvalue weighted by Gasteiger charge is -1.98. The average Bonchev–Trinajstić information content (AvgIpc) is 2.73. The molecule has 0 aliphatic rings. The molecule has 0 aromatic heterocycles. The van der Waals surface area contributed by atoms with Gasteiger partial charge in [-0.2, -0.15) is 0 Å². The first-order chi connectivity index (χ1) is 14.5. The Morgan fingerprint density at radius 1 is 0.700 bits per heavy atom. The third kappa shape index (κ3) is 9.47. The van der Waals surface area contributed by atoms with E-state index in [1.54, 1.807) is 48.6 Å². The quantitative estimate of drug-likeness (QED) is 0.655. The lowest BCUT2D eigenvalue weighted by atomic mass is 10.2. The smallest absolute Gasteiger partial charge is 0.224 e. The molecule has 0 spiro atoms. The minimum absolute atomic E-state index is 0.183. The maximum atomic E-state index is 12.8. The monoisotopic (exact) mass is 408 g/mol. The molecule has 2 rings (SSSR count). The lowest BCUT2D eigenvalue weighted by molar-refractivity contribution is -0.120. The Balaban J connectivity index is 1.57. The summed E-state index contributed by atoms with van der Waals surface area (Å²) in [5, 5.41) is 5.30. The summed E-state index contributed by atoms with van der Waals surface area (Å²) in [6.07, 6.45) is 7.24. The third-order valence-electron chi connectivity index (χ3n) is 3.84. The highest BCUT2D eigenvalue weighted by Gasteiger charge is 1.97. The molecule has 2 aromatic carbocycles. The molecule has 0 saturated carbocycles.